The number of nitrogens with zero attached hydrogens (tertiary/aromatic N) is 2. The smallest absolute Gasteiger partial charge is 0.0629 e. The Morgan fingerprint density at radius 2 is 2.05 bits per heavy atom. The van der Waals surface area contributed by atoms with Gasteiger partial charge in [-0.05, 0) is 43.4 Å². The van der Waals surface area contributed by atoms with Gasteiger partial charge in [0.15, 0.2) is 0 Å². The van der Waals surface area contributed by atoms with Crippen molar-refractivity contribution in [3.63, 3.8) is 0 Å². The Balaban J connectivity index is 2.19. The van der Waals surface area contributed by atoms with E-state index in [1.165, 1.54) is 28.8 Å². The van der Waals surface area contributed by atoms with Crippen molar-refractivity contribution < 1.29 is 0 Å². The molecule has 20 heavy (non-hydrogen) atoms. The van der Waals surface area contributed by atoms with Crippen molar-refractivity contribution in [2.75, 3.05) is 0 Å². The van der Waals surface area contributed by atoms with Crippen molar-refractivity contribution in [2.45, 2.75) is 46.1 Å². The van der Waals surface area contributed by atoms with Crippen LogP contribution in [0, 0.1) is 13.8 Å². The molecule has 1 heterocycles. The van der Waals surface area contributed by atoms with E-state index in [1.54, 1.807) is 0 Å². The molecule has 0 radical (unpaired) electrons. The summed E-state index contributed by atoms with van der Waals surface area (Å²) in [5.74, 6) is 0. The maximum absolute atomic E-state index is 6.40. The second-order valence-corrected chi connectivity index (χ2v) is 5.58. The Labute approximate surface area is 121 Å². The zero-order valence-corrected chi connectivity index (χ0v) is 13.0. The molecule has 0 aliphatic heterocycles. The Morgan fingerprint density at radius 3 is 2.65 bits per heavy atom. The van der Waals surface area contributed by atoms with Gasteiger partial charge in [-0.2, -0.15) is 5.10 Å². The molecule has 0 fully saturated rings. The molecule has 3 nitrogen and oxygen atoms in total. The lowest BCUT2D eigenvalue weighted by molar-refractivity contribution is 0.706. The molecule has 3 heteroatoms. The molecular formula is C17H25N3. The Bertz CT molecular complexity index is 584. The normalized spacial score (nSPS) is 12.7. The Kier molecular flexibility index (Phi) is 4.61. The molecule has 0 amide bonds. The highest BCUT2D eigenvalue weighted by Gasteiger charge is 2.14. The minimum atomic E-state index is 0.0356. The number of benzene rings is 1. The fraction of sp³-hybridized carbons (Fsp3) is 0.471. The Hall–Kier alpha value is -1.61. The molecule has 2 N–H and O–H groups in total. The van der Waals surface area contributed by atoms with Crippen LogP contribution in [0.4, 0.5) is 0 Å². The molecule has 2 aromatic rings. The third kappa shape index (κ3) is 3.10. The van der Waals surface area contributed by atoms with Crippen LogP contribution in [-0.4, -0.2) is 9.78 Å². The van der Waals surface area contributed by atoms with Crippen LogP contribution in [0.25, 0.3) is 0 Å². The minimum absolute atomic E-state index is 0.0356. The van der Waals surface area contributed by atoms with Crippen LogP contribution in [0.1, 0.15) is 47.5 Å². The fourth-order valence-corrected chi connectivity index (χ4v) is 2.72. The summed E-state index contributed by atoms with van der Waals surface area (Å²) in [6.45, 7) is 6.37. The molecule has 1 atom stereocenters. The van der Waals surface area contributed by atoms with Gasteiger partial charge >= 0.3 is 0 Å². The lowest BCUT2D eigenvalue weighted by Gasteiger charge is -2.14. The van der Waals surface area contributed by atoms with Crippen LogP contribution in [0.2, 0.25) is 0 Å². The van der Waals surface area contributed by atoms with Crippen LogP contribution in [-0.2, 0) is 19.9 Å². The molecule has 1 aromatic heterocycles. The summed E-state index contributed by atoms with van der Waals surface area (Å²) in [6, 6.07) is 8.71. The van der Waals surface area contributed by atoms with Gasteiger partial charge in [-0.15, -0.1) is 0 Å². The summed E-state index contributed by atoms with van der Waals surface area (Å²) in [4.78, 5) is 0. The van der Waals surface area contributed by atoms with Gasteiger partial charge in [0, 0.05) is 18.8 Å². The van der Waals surface area contributed by atoms with Gasteiger partial charge in [-0.1, -0.05) is 37.6 Å². The topological polar surface area (TPSA) is 43.8 Å². The van der Waals surface area contributed by atoms with E-state index in [0.717, 1.165) is 18.5 Å². The monoisotopic (exact) mass is 271 g/mol. The van der Waals surface area contributed by atoms with E-state index in [0.29, 0.717) is 0 Å². The number of hydrogen-bond donors (Lipinski definition) is 1. The molecular weight excluding hydrogens is 246 g/mol. The van der Waals surface area contributed by atoms with E-state index in [2.05, 4.69) is 50.1 Å². The van der Waals surface area contributed by atoms with E-state index in [4.69, 9.17) is 5.73 Å². The van der Waals surface area contributed by atoms with Crippen molar-refractivity contribution in [3.05, 3.63) is 52.3 Å². The lowest BCUT2D eigenvalue weighted by atomic mass is 9.96. The van der Waals surface area contributed by atoms with Crippen molar-refractivity contribution in [2.24, 2.45) is 12.8 Å². The molecule has 2 rings (SSSR count). The first-order chi connectivity index (χ1) is 9.52. The first-order valence-electron chi connectivity index (χ1n) is 7.36. The second kappa shape index (κ2) is 6.23. The highest BCUT2D eigenvalue weighted by atomic mass is 15.3. The maximum Gasteiger partial charge on any atom is 0.0629 e. The van der Waals surface area contributed by atoms with Crippen LogP contribution in [0.15, 0.2) is 24.3 Å². The number of rotatable bonds is 5. The van der Waals surface area contributed by atoms with Crippen LogP contribution in [0.3, 0.4) is 0 Å². The zero-order chi connectivity index (χ0) is 14.7. The molecule has 0 aliphatic carbocycles. The highest BCUT2D eigenvalue weighted by Crippen LogP contribution is 2.21. The van der Waals surface area contributed by atoms with Crippen LogP contribution < -0.4 is 5.73 Å². The Morgan fingerprint density at radius 1 is 1.30 bits per heavy atom. The molecule has 0 saturated heterocycles. The lowest BCUT2D eigenvalue weighted by Crippen LogP contribution is -2.14. The third-order valence-electron chi connectivity index (χ3n) is 4.00. The zero-order valence-electron chi connectivity index (χ0n) is 13.0. The van der Waals surface area contributed by atoms with E-state index in [9.17, 15) is 0 Å². The van der Waals surface area contributed by atoms with E-state index in [1.807, 2.05) is 11.7 Å². The van der Waals surface area contributed by atoms with E-state index < -0.39 is 0 Å². The molecule has 0 bridgehead atoms. The van der Waals surface area contributed by atoms with Gasteiger partial charge in [0.2, 0.25) is 0 Å². The SMILES string of the molecule is CCCc1cccc(C(N)Cc2c(C)nn(C)c2C)c1. The first kappa shape index (κ1) is 14.8. The van der Waals surface area contributed by atoms with Gasteiger partial charge in [0.1, 0.15) is 0 Å². The summed E-state index contributed by atoms with van der Waals surface area (Å²) in [5.41, 5.74) is 12.6. The van der Waals surface area contributed by atoms with Gasteiger partial charge in [-0.3, -0.25) is 4.68 Å². The fourth-order valence-electron chi connectivity index (χ4n) is 2.72. The van der Waals surface area contributed by atoms with Gasteiger partial charge < -0.3 is 5.73 Å². The summed E-state index contributed by atoms with van der Waals surface area (Å²) in [6.07, 6.45) is 3.13. The molecule has 0 saturated carbocycles. The average Bonchev–Trinajstić information content (AvgIpc) is 2.66. The number of nitrogens with two attached hydrogens (primary N) is 1. The van der Waals surface area contributed by atoms with Crippen molar-refractivity contribution in [1.29, 1.82) is 0 Å². The first-order valence-corrected chi connectivity index (χ1v) is 7.36. The predicted octanol–water partition coefficient (Wildman–Crippen LogP) is 3.23. The summed E-state index contributed by atoms with van der Waals surface area (Å²) < 4.78 is 1.94. The quantitative estimate of drug-likeness (QED) is 0.907. The van der Waals surface area contributed by atoms with Crippen LogP contribution >= 0.6 is 0 Å². The van der Waals surface area contributed by atoms with Crippen molar-refractivity contribution in [1.82, 2.24) is 9.78 Å². The number of aryl methyl sites for hydroxylation is 3. The van der Waals surface area contributed by atoms with E-state index >= 15 is 0 Å². The molecule has 108 valence electrons. The van der Waals surface area contributed by atoms with Gasteiger partial charge in [0.05, 0.1) is 5.69 Å². The van der Waals surface area contributed by atoms with Crippen molar-refractivity contribution >= 4 is 0 Å². The van der Waals surface area contributed by atoms with Crippen LogP contribution in [0.5, 0.6) is 0 Å². The van der Waals surface area contributed by atoms with Gasteiger partial charge in [-0.25, -0.2) is 0 Å². The molecule has 1 unspecified atom stereocenters. The maximum atomic E-state index is 6.40. The number of aromatic nitrogens is 2. The molecule has 1 aromatic carbocycles. The van der Waals surface area contributed by atoms with E-state index in [-0.39, 0.29) is 6.04 Å². The third-order valence-corrected chi connectivity index (χ3v) is 4.00. The molecule has 0 spiro atoms. The van der Waals surface area contributed by atoms with Crippen molar-refractivity contribution in [3.8, 4) is 0 Å². The molecule has 0 aliphatic rings. The predicted molar refractivity (Wildman–Crippen MR) is 83.8 cm³/mol. The second-order valence-electron chi connectivity index (χ2n) is 5.58. The average molecular weight is 271 g/mol. The highest BCUT2D eigenvalue weighted by molar-refractivity contribution is 5.31. The summed E-state index contributed by atoms with van der Waals surface area (Å²) in [7, 11) is 1.99. The standard InChI is InChI=1S/C17H25N3/c1-5-7-14-8-6-9-15(10-14)17(18)11-16-12(2)19-20(4)13(16)3/h6,8-10,17H,5,7,11,18H2,1-4H3. The minimum Gasteiger partial charge on any atom is -0.324 e. The largest absolute Gasteiger partial charge is 0.324 e. The van der Waals surface area contributed by atoms with Gasteiger partial charge in [0.25, 0.3) is 0 Å². The summed E-state index contributed by atoms with van der Waals surface area (Å²) in [5, 5.41) is 4.47. The number of hydrogen-bond acceptors (Lipinski definition) is 2. The summed E-state index contributed by atoms with van der Waals surface area (Å²) >= 11 is 0.